The van der Waals surface area contributed by atoms with Gasteiger partial charge < -0.3 is 28.1 Å². The van der Waals surface area contributed by atoms with Gasteiger partial charge in [0.15, 0.2) is 23.0 Å². The smallest absolute Gasteiger partial charge is 0.245 e. The molecule has 0 radical (unpaired) electrons. The van der Waals surface area contributed by atoms with Crippen molar-refractivity contribution in [2.75, 3.05) is 26.4 Å². The second-order valence-electron chi connectivity index (χ2n) is 6.22. The van der Waals surface area contributed by atoms with Crippen molar-refractivity contribution in [2.45, 2.75) is 9.79 Å². The summed E-state index contributed by atoms with van der Waals surface area (Å²) in [7, 11) is -12.0. The molecule has 0 aliphatic carbocycles. The molecule has 0 aromatic heterocycles. The highest BCUT2D eigenvalue weighted by molar-refractivity contribution is 7.85. The molecule has 0 N–H and O–H groups in total. The maximum absolute atomic E-state index is 13.2. The maximum Gasteiger partial charge on any atom is 0.245 e. The van der Waals surface area contributed by atoms with Gasteiger partial charge in [0.05, 0.1) is 10.8 Å². The monoisotopic (exact) mass is 592 g/mol. The van der Waals surface area contributed by atoms with E-state index in [0.29, 0.717) is 0 Å². The second-order valence-corrected chi connectivity index (χ2v) is 9.60. The predicted octanol–water partition coefficient (Wildman–Crippen LogP) is 0.367. The molecule has 0 aliphatic rings. The molecule has 0 saturated carbocycles. The molecule has 18 heteroatoms. The number of ether oxygens (including phenoxy) is 4. The number of benzene rings is 2. The Morgan fingerprint density at radius 1 is 0.684 bits per heavy atom. The molecule has 206 valence electrons. The van der Waals surface area contributed by atoms with Crippen LogP contribution in [-0.2, 0) is 50.0 Å². The van der Waals surface area contributed by atoms with Gasteiger partial charge in [-0.15, -0.1) is 8.67 Å². The number of rotatable bonds is 16. The summed E-state index contributed by atoms with van der Waals surface area (Å²) in [5.41, 5.74) is 0. The lowest BCUT2D eigenvalue weighted by molar-refractivity contribution is -0.212. The Labute approximate surface area is 219 Å². The summed E-state index contributed by atoms with van der Waals surface area (Å²) >= 11 is 0. The summed E-state index contributed by atoms with van der Waals surface area (Å²) in [5, 5.41) is 0. The molecule has 0 aliphatic heterocycles. The van der Waals surface area contributed by atoms with E-state index in [1.54, 1.807) is 0 Å². The standard InChI is InChI=1S/C20H18O15S3/c1-3-28-17-7-5-15(13-19(17)30-9-11-32-34-37(22,23)24)36(21)16-6-8-18(29-4-2)20(14-16)31-10-12-33-35-38(25,26)27/h1-2,5-8,13-14H,9-12H2,(H,22,23,24)(H,25,26,27)/p-2. The molecule has 2 aromatic rings. The first-order valence-electron chi connectivity index (χ1n) is 9.67. The molecule has 0 spiro atoms. The normalized spacial score (nSPS) is 11.4. The van der Waals surface area contributed by atoms with Crippen LogP contribution in [0.3, 0.4) is 0 Å². The summed E-state index contributed by atoms with van der Waals surface area (Å²) in [6.45, 7) is -1.58. The van der Waals surface area contributed by atoms with Gasteiger partial charge in [0.1, 0.15) is 38.6 Å². The molecule has 2 rings (SSSR count). The van der Waals surface area contributed by atoms with Gasteiger partial charge in [-0.1, -0.05) is 12.8 Å². The van der Waals surface area contributed by atoms with Crippen LogP contribution in [0.4, 0.5) is 0 Å². The molecule has 2 aromatic carbocycles. The van der Waals surface area contributed by atoms with Crippen molar-refractivity contribution in [3.05, 3.63) is 36.4 Å². The van der Waals surface area contributed by atoms with Gasteiger partial charge in [-0.05, 0) is 24.3 Å². The SMILES string of the molecule is C#COc1ccc(S(=O)c2ccc(OC#C)c(OCCOOS(=O)(=O)[O-])c2)cc1OCCOOS(=O)(=O)[O-]. The zero-order valence-electron chi connectivity index (χ0n) is 18.8. The van der Waals surface area contributed by atoms with Crippen LogP contribution in [0, 0.1) is 25.1 Å². The van der Waals surface area contributed by atoms with Crippen molar-refractivity contribution in [3.63, 3.8) is 0 Å². The topological polar surface area (TPSA) is 205 Å². The number of hydrogen-bond acceptors (Lipinski definition) is 15. The van der Waals surface area contributed by atoms with Crippen molar-refractivity contribution >= 4 is 31.6 Å². The van der Waals surface area contributed by atoms with E-state index >= 15 is 0 Å². The lowest BCUT2D eigenvalue weighted by Crippen LogP contribution is -2.11. The molecular formula is C20H16O15S3-2. The zero-order valence-corrected chi connectivity index (χ0v) is 21.2. The Kier molecular flexibility index (Phi) is 11.7. The van der Waals surface area contributed by atoms with Gasteiger partial charge in [-0.3, -0.25) is 0 Å². The summed E-state index contributed by atoms with van der Waals surface area (Å²) in [4.78, 5) is 8.80. The molecule has 0 saturated heterocycles. The van der Waals surface area contributed by atoms with E-state index < -0.39 is 44.8 Å². The van der Waals surface area contributed by atoms with Crippen LogP contribution in [0.2, 0.25) is 0 Å². The summed E-state index contributed by atoms with van der Waals surface area (Å²) in [5.74, 6) is 0.0951. The highest BCUT2D eigenvalue weighted by Gasteiger charge is 2.16. The summed E-state index contributed by atoms with van der Waals surface area (Å²) < 4.78 is 103. The van der Waals surface area contributed by atoms with Crippen LogP contribution in [0.25, 0.3) is 0 Å². The highest BCUT2D eigenvalue weighted by Crippen LogP contribution is 2.34. The van der Waals surface area contributed by atoms with Crippen LogP contribution in [0.15, 0.2) is 46.2 Å². The molecule has 0 fully saturated rings. The van der Waals surface area contributed by atoms with E-state index in [1.165, 1.54) is 36.4 Å². The molecule has 0 atom stereocenters. The Bertz CT molecular complexity index is 1320. The van der Waals surface area contributed by atoms with Crippen LogP contribution in [0.1, 0.15) is 0 Å². The van der Waals surface area contributed by atoms with Crippen LogP contribution in [-0.4, -0.2) is 56.6 Å². The molecule has 0 heterocycles. The van der Waals surface area contributed by atoms with Gasteiger partial charge in [0.2, 0.25) is 20.8 Å². The number of hydrogen-bond donors (Lipinski definition) is 0. The van der Waals surface area contributed by atoms with Crippen molar-refractivity contribution in [2.24, 2.45) is 0 Å². The van der Waals surface area contributed by atoms with Crippen molar-refractivity contribution in [3.8, 4) is 48.1 Å². The summed E-state index contributed by atoms with van der Waals surface area (Å²) in [6.07, 6.45) is 14.2. The third-order valence-corrected chi connectivity index (χ3v) is 5.60. The van der Waals surface area contributed by atoms with E-state index in [0.717, 1.165) is 0 Å². The predicted molar refractivity (Wildman–Crippen MR) is 121 cm³/mol. The lowest BCUT2D eigenvalue weighted by Gasteiger charge is -2.13. The fourth-order valence-electron chi connectivity index (χ4n) is 2.42. The van der Waals surface area contributed by atoms with E-state index in [1.807, 2.05) is 12.2 Å². The molecule has 15 nitrogen and oxygen atoms in total. The second kappa shape index (κ2) is 14.5. The number of terminal acetylenes is 2. The van der Waals surface area contributed by atoms with Crippen molar-refractivity contribution < 1.29 is 67.5 Å². The lowest BCUT2D eigenvalue weighted by atomic mass is 10.3. The first-order valence-corrected chi connectivity index (χ1v) is 13.5. The average Bonchev–Trinajstić information content (AvgIpc) is 2.83. The van der Waals surface area contributed by atoms with Crippen LogP contribution >= 0.6 is 0 Å². The molecule has 38 heavy (non-hydrogen) atoms. The van der Waals surface area contributed by atoms with Gasteiger partial charge in [0, 0.05) is 21.9 Å². The third-order valence-electron chi connectivity index (χ3n) is 3.71. The minimum atomic E-state index is -5.06. The van der Waals surface area contributed by atoms with E-state index in [9.17, 15) is 30.1 Å². The molecule has 0 amide bonds. The van der Waals surface area contributed by atoms with Gasteiger partial charge in [0.25, 0.3) is 0 Å². The van der Waals surface area contributed by atoms with E-state index in [4.69, 9.17) is 31.8 Å². The van der Waals surface area contributed by atoms with E-state index in [-0.39, 0.29) is 46.0 Å². The van der Waals surface area contributed by atoms with Gasteiger partial charge in [-0.25, -0.2) is 30.8 Å². The van der Waals surface area contributed by atoms with Gasteiger partial charge >= 0.3 is 0 Å². The quantitative estimate of drug-likeness (QED) is 0.0644. The molecule has 0 unspecified atom stereocenters. The third kappa shape index (κ3) is 10.9. The van der Waals surface area contributed by atoms with Crippen LogP contribution in [0.5, 0.6) is 23.0 Å². The Morgan fingerprint density at radius 3 is 1.42 bits per heavy atom. The van der Waals surface area contributed by atoms with Crippen molar-refractivity contribution in [1.29, 1.82) is 0 Å². The molecular weight excluding hydrogens is 576 g/mol. The minimum Gasteiger partial charge on any atom is -0.724 e. The Balaban J connectivity index is 2.18. The van der Waals surface area contributed by atoms with Crippen LogP contribution < -0.4 is 18.9 Å². The van der Waals surface area contributed by atoms with E-state index in [2.05, 4.69) is 18.4 Å². The zero-order chi connectivity index (χ0) is 28.2. The fourth-order valence-corrected chi connectivity index (χ4v) is 3.88. The highest BCUT2D eigenvalue weighted by atomic mass is 32.3. The Morgan fingerprint density at radius 2 is 1.08 bits per heavy atom. The van der Waals surface area contributed by atoms with Gasteiger partial charge in [-0.2, -0.15) is 0 Å². The largest absolute Gasteiger partial charge is 0.724 e. The first kappa shape index (κ1) is 30.8. The van der Waals surface area contributed by atoms with Crippen molar-refractivity contribution in [1.82, 2.24) is 0 Å². The Hall–Kier alpha value is -3.43. The maximum atomic E-state index is 13.2. The molecule has 0 bridgehead atoms. The minimum absolute atomic E-state index is 0.00314. The summed E-state index contributed by atoms with van der Waals surface area (Å²) in [6, 6.07) is 8.18. The average molecular weight is 593 g/mol. The fraction of sp³-hybridized carbons (Fsp3) is 0.200. The first-order chi connectivity index (χ1) is 17.9.